The van der Waals surface area contributed by atoms with Crippen molar-refractivity contribution in [3.8, 4) is 11.5 Å². The van der Waals surface area contributed by atoms with Crippen LogP contribution in [0.15, 0.2) is 46.2 Å². The summed E-state index contributed by atoms with van der Waals surface area (Å²) < 4.78 is 0. The molecule has 0 aromatic heterocycles. The molecule has 2 aromatic rings. The van der Waals surface area contributed by atoms with Crippen LogP contribution in [0.1, 0.15) is 52.7 Å². The summed E-state index contributed by atoms with van der Waals surface area (Å²) >= 11 is 1.56. The van der Waals surface area contributed by atoms with Crippen molar-refractivity contribution in [3.05, 3.63) is 47.5 Å². The molecule has 0 aliphatic carbocycles. The van der Waals surface area contributed by atoms with Gasteiger partial charge < -0.3 is 10.2 Å². The lowest BCUT2D eigenvalue weighted by Gasteiger charge is -2.21. The summed E-state index contributed by atoms with van der Waals surface area (Å²) in [5, 5.41) is 20.0. The number of rotatable bonds is 2. The molecule has 2 nitrogen and oxygen atoms in total. The van der Waals surface area contributed by atoms with Crippen molar-refractivity contribution in [2.75, 3.05) is 0 Å². The summed E-state index contributed by atoms with van der Waals surface area (Å²) in [6, 6.07) is 11.4. The van der Waals surface area contributed by atoms with Gasteiger partial charge in [-0.15, -0.1) is 0 Å². The number of hydrogen-bond acceptors (Lipinski definition) is 3. The number of phenols is 2. The van der Waals surface area contributed by atoms with Gasteiger partial charge in [0.2, 0.25) is 0 Å². The van der Waals surface area contributed by atoms with E-state index in [0.717, 1.165) is 20.9 Å². The minimum Gasteiger partial charge on any atom is -0.508 e. The average molecular weight is 330 g/mol. The van der Waals surface area contributed by atoms with Crippen LogP contribution in [0, 0.1) is 0 Å². The SMILES string of the molecule is CC(C)(C)c1cc(O)cc(Sc2cc(O)cc(C(C)(C)C)c2)c1. The lowest BCUT2D eigenvalue weighted by Crippen LogP contribution is -2.11. The highest BCUT2D eigenvalue weighted by molar-refractivity contribution is 7.99. The Hall–Kier alpha value is -1.61. The fourth-order valence-corrected chi connectivity index (χ4v) is 3.29. The molecule has 2 rings (SSSR count). The molecule has 0 atom stereocenters. The highest BCUT2D eigenvalue weighted by Crippen LogP contribution is 2.37. The van der Waals surface area contributed by atoms with Crippen LogP contribution < -0.4 is 0 Å². The van der Waals surface area contributed by atoms with Gasteiger partial charge in [0.15, 0.2) is 0 Å². The highest BCUT2D eigenvalue weighted by atomic mass is 32.2. The molecule has 0 fully saturated rings. The average Bonchev–Trinajstić information content (AvgIpc) is 2.35. The van der Waals surface area contributed by atoms with E-state index in [-0.39, 0.29) is 22.3 Å². The van der Waals surface area contributed by atoms with Gasteiger partial charge in [0.05, 0.1) is 0 Å². The maximum atomic E-state index is 10.0. The van der Waals surface area contributed by atoms with Crippen LogP contribution >= 0.6 is 11.8 Å². The first-order chi connectivity index (χ1) is 10.4. The van der Waals surface area contributed by atoms with E-state index in [1.807, 2.05) is 12.1 Å². The first kappa shape index (κ1) is 17.7. The third-order valence-electron chi connectivity index (χ3n) is 3.75. The van der Waals surface area contributed by atoms with E-state index in [2.05, 4.69) is 53.7 Å². The predicted octanol–water partition coefficient (Wildman–Crippen LogP) is 5.84. The van der Waals surface area contributed by atoms with Crippen LogP contribution in [-0.2, 0) is 10.8 Å². The molecule has 2 aromatic carbocycles. The van der Waals surface area contributed by atoms with Gasteiger partial charge in [0.25, 0.3) is 0 Å². The summed E-state index contributed by atoms with van der Waals surface area (Å²) in [5.41, 5.74) is 2.14. The lowest BCUT2D eigenvalue weighted by molar-refractivity contribution is 0.469. The van der Waals surface area contributed by atoms with Crippen LogP contribution in [0.2, 0.25) is 0 Å². The second-order valence-corrected chi connectivity index (χ2v) is 9.18. The van der Waals surface area contributed by atoms with Crippen molar-refractivity contribution < 1.29 is 10.2 Å². The Kier molecular flexibility index (Phi) is 4.72. The molecule has 0 aliphatic heterocycles. The Morgan fingerprint density at radius 1 is 0.609 bits per heavy atom. The third-order valence-corrected chi connectivity index (χ3v) is 4.69. The van der Waals surface area contributed by atoms with Gasteiger partial charge in [-0.25, -0.2) is 0 Å². The monoisotopic (exact) mass is 330 g/mol. The van der Waals surface area contributed by atoms with Gasteiger partial charge in [-0.3, -0.25) is 0 Å². The van der Waals surface area contributed by atoms with E-state index < -0.39 is 0 Å². The minimum absolute atomic E-state index is 0.0244. The van der Waals surface area contributed by atoms with E-state index in [4.69, 9.17) is 0 Å². The zero-order valence-corrected chi connectivity index (χ0v) is 15.6. The van der Waals surface area contributed by atoms with E-state index in [9.17, 15) is 10.2 Å². The molecule has 0 spiro atoms. The molecule has 0 saturated heterocycles. The molecular formula is C20H26O2S. The molecule has 0 heterocycles. The van der Waals surface area contributed by atoms with Crippen LogP contribution in [0.25, 0.3) is 0 Å². The predicted molar refractivity (Wildman–Crippen MR) is 97.7 cm³/mol. The zero-order chi connectivity index (χ0) is 17.4. The maximum Gasteiger partial charge on any atom is 0.117 e. The number of hydrogen-bond donors (Lipinski definition) is 2. The molecule has 3 heteroatoms. The van der Waals surface area contributed by atoms with Crippen molar-refractivity contribution in [2.45, 2.75) is 62.2 Å². The summed E-state index contributed by atoms with van der Waals surface area (Å²) in [6.45, 7) is 12.8. The maximum absolute atomic E-state index is 10.0. The van der Waals surface area contributed by atoms with Gasteiger partial charge in [0.1, 0.15) is 11.5 Å². The molecule has 0 radical (unpaired) electrons. The molecule has 0 bridgehead atoms. The standard InChI is InChI=1S/C20H26O2S/c1-19(2,3)13-7-15(21)11-17(9-13)23-18-10-14(20(4,5)6)8-16(22)12-18/h7-12,21-22H,1-6H3. The van der Waals surface area contributed by atoms with Crippen molar-refractivity contribution in [2.24, 2.45) is 0 Å². The lowest BCUT2D eigenvalue weighted by atomic mass is 9.87. The Bertz CT molecular complexity index is 645. The van der Waals surface area contributed by atoms with E-state index in [1.165, 1.54) is 0 Å². The molecule has 0 aliphatic rings. The quantitative estimate of drug-likeness (QED) is 0.726. The molecule has 0 amide bonds. The number of phenolic OH excluding ortho intramolecular Hbond substituents is 2. The van der Waals surface area contributed by atoms with E-state index in [0.29, 0.717) is 0 Å². The Morgan fingerprint density at radius 3 is 1.26 bits per heavy atom. The highest BCUT2D eigenvalue weighted by Gasteiger charge is 2.18. The van der Waals surface area contributed by atoms with Crippen LogP contribution in [-0.4, -0.2) is 10.2 Å². The van der Waals surface area contributed by atoms with Gasteiger partial charge in [0, 0.05) is 9.79 Å². The van der Waals surface area contributed by atoms with Crippen molar-refractivity contribution in [1.82, 2.24) is 0 Å². The number of aromatic hydroxyl groups is 2. The molecule has 0 saturated carbocycles. The first-order valence-electron chi connectivity index (χ1n) is 7.82. The summed E-state index contributed by atoms with van der Waals surface area (Å²) in [4.78, 5) is 1.95. The van der Waals surface area contributed by atoms with Gasteiger partial charge in [-0.1, -0.05) is 53.3 Å². The smallest absolute Gasteiger partial charge is 0.117 e. The fraction of sp³-hybridized carbons (Fsp3) is 0.400. The van der Waals surface area contributed by atoms with Crippen LogP contribution in [0.5, 0.6) is 11.5 Å². The Labute approximate surface area is 143 Å². The Balaban J connectivity index is 2.40. The van der Waals surface area contributed by atoms with Crippen LogP contribution in [0.3, 0.4) is 0 Å². The third kappa shape index (κ3) is 4.68. The van der Waals surface area contributed by atoms with Crippen LogP contribution in [0.4, 0.5) is 0 Å². The number of benzene rings is 2. The second kappa shape index (κ2) is 6.12. The van der Waals surface area contributed by atoms with Crippen molar-refractivity contribution in [3.63, 3.8) is 0 Å². The Morgan fingerprint density at radius 2 is 0.957 bits per heavy atom. The normalized spacial score (nSPS) is 12.4. The van der Waals surface area contributed by atoms with Gasteiger partial charge in [-0.05, 0) is 58.4 Å². The molecule has 23 heavy (non-hydrogen) atoms. The zero-order valence-electron chi connectivity index (χ0n) is 14.8. The van der Waals surface area contributed by atoms with Crippen molar-refractivity contribution in [1.29, 1.82) is 0 Å². The molecular weight excluding hydrogens is 304 g/mol. The molecule has 2 N–H and O–H groups in total. The summed E-state index contributed by atoms with van der Waals surface area (Å²) in [5.74, 6) is 0.548. The van der Waals surface area contributed by atoms with Gasteiger partial charge in [-0.2, -0.15) is 0 Å². The topological polar surface area (TPSA) is 40.5 Å². The molecule has 0 unspecified atom stereocenters. The first-order valence-corrected chi connectivity index (χ1v) is 8.64. The summed E-state index contributed by atoms with van der Waals surface area (Å²) in [6.07, 6.45) is 0. The van der Waals surface area contributed by atoms with E-state index in [1.54, 1.807) is 23.9 Å². The fourth-order valence-electron chi connectivity index (χ4n) is 2.29. The minimum atomic E-state index is -0.0244. The van der Waals surface area contributed by atoms with Crippen molar-refractivity contribution >= 4 is 11.8 Å². The largest absolute Gasteiger partial charge is 0.508 e. The van der Waals surface area contributed by atoms with Gasteiger partial charge >= 0.3 is 0 Å². The van der Waals surface area contributed by atoms with E-state index >= 15 is 0 Å². The second-order valence-electron chi connectivity index (χ2n) is 8.03. The molecule has 124 valence electrons. The summed E-state index contributed by atoms with van der Waals surface area (Å²) in [7, 11) is 0.